The average molecular weight is 492 g/mol. The van der Waals surface area contributed by atoms with Crippen LogP contribution in [0.4, 0.5) is 11.5 Å². The van der Waals surface area contributed by atoms with Crippen LogP contribution in [0, 0.1) is 0 Å². The number of benzene rings is 3. The van der Waals surface area contributed by atoms with Crippen molar-refractivity contribution in [3.8, 4) is 28.6 Å². The fraction of sp³-hybridized carbons (Fsp3) is 0. The monoisotopic (exact) mass is 491 g/mol. The number of halogens is 1. The SMILES string of the molecule is Oc1cc2ncccc2nc1Oc1ccc(Nc2nnc(-c3ccc(Cl)cc3)c3ccccc23)cc1. The maximum atomic E-state index is 10.3. The van der Waals surface area contributed by atoms with Gasteiger partial charge in [-0.2, -0.15) is 0 Å². The van der Waals surface area contributed by atoms with E-state index < -0.39 is 0 Å². The van der Waals surface area contributed by atoms with E-state index in [-0.39, 0.29) is 11.6 Å². The number of nitrogens with zero attached hydrogens (tertiary/aromatic N) is 4. The fourth-order valence-electron chi connectivity index (χ4n) is 3.92. The predicted octanol–water partition coefficient (Wildman–Crippen LogP) is 7.13. The van der Waals surface area contributed by atoms with Gasteiger partial charge in [-0.25, -0.2) is 4.98 Å². The molecule has 6 aromatic rings. The number of nitrogens with one attached hydrogen (secondary N) is 1. The summed E-state index contributed by atoms with van der Waals surface area (Å²) in [6, 6.07) is 27.9. The Balaban J connectivity index is 1.26. The van der Waals surface area contributed by atoms with E-state index in [9.17, 15) is 5.11 Å². The second kappa shape index (κ2) is 9.13. The van der Waals surface area contributed by atoms with Crippen molar-refractivity contribution in [2.75, 3.05) is 5.32 Å². The van der Waals surface area contributed by atoms with Gasteiger partial charge in [0.2, 0.25) is 0 Å². The van der Waals surface area contributed by atoms with Crippen LogP contribution in [0.5, 0.6) is 17.4 Å². The van der Waals surface area contributed by atoms with Crippen molar-refractivity contribution in [3.63, 3.8) is 0 Å². The molecule has 174 valence electrons. The summed E-state index contributed by atoms with van der Waals surface area (Å²) >= 11 is 6.05. The van der Waals surface area contributed by atoms with Crippen LogP contribution in [-0.4, -0.2) is 25.3 Å². The molecule has 2 N–H and O–H groups in total. The third-order valence-electron chi connectivity index (χ3n) is 5.67. The lowest BCUT2D eigenvalue weighted by Crippen LogP contribution is -1.99. The summed E-state index contributed by atoms with van der Waals surface area (Å²) < 4.78 is 5.81. The van der Waals surface area contributed by atoms with E-state index in [0.29, 0.717) is 27.6 Å². The lowest BCUT2D eigenvalue weighted by Gasteiger charge is -2.12. The second-order valence-electron chi connectivity index (χ2n) is 8.06. The van der Waals surface area contributed by atoms with E-state index in [1.165, 1.54) is 6.07 Å². The van der Waals surface area contributed by atoms with E-state index in [4.69, 9.17) is 16.3 Å². The Bertz CT molecular complexity index is 1710. The quantitative estimate of drug-likeness (QED) is 0.265. The Morgan fingerprint density at radius 3 is 2.36 bits per heavy atom. The molecule has 0 aliphatic rings. The molecule has 3 heterocycles. The van der Waals surface area contributed by atoms with E-state index in [0.717, 1.165) is 27.7 Å². The maximum Gasteiger partial charge on any atom is 0.263 e. The number of anilines is 2. The maximum absolute atomic E-state index is 10.3. The minimum absolute atomic E-state index is 0.0778. The van der Waals surface area contributed by atoms with Crippen molar-refractivity contribution in [1.82, 2.24) is 20.2 Å². The fourth-order valence-corrected chi connectivity index (χ4v) is 4.05. The molecule has 3 aromatic carbocycles. The van der Waals surface area contributed by atoms with Crippen molar-refractivity contribution >= 4 is 44.9 Å². The van der Waals surface area contributed by atoms with Crippen LogP contribution in [0.1, 0.15) is 0 Å². The molecule has 36 heavy (non-hydrogen) atoms. The van der Waals surface area contributed by atoms with E-state index in [1.807, 2.05) is 66.7 Å². The van der Waals surface area contributed by atoms with Crippen LogP contribution in [-0.2, 0) is 0 Å². The van der Waals surface area contributed by atoms with Gasteiger partial charge in [-0.15, -0.1) is 10.2 Å². The van der Waals surface area contributed by atoms with Gasteiger partial charge in [0.15, 0.2) is 11.6 Å². The molecule has 0 atom stereocenters. The van der Waals surface area contributed by atoms with Crippen molar-refractivity contribution < 1.29 is 9.84 Å². The Kier molecular flexibility index (Phi) is 5.52. The van der Waals surface area contributed by atoms with Crippen LogP contribution < -0.4 is 10.1 Å². The molecule has 7 nitrogen and oxygen atoms in total. The highest BCUT2D eigenvalue weighted by atomic mass is 35.5. The second-order valence-corrected chi connectivity index (χ2v) is 8.49. The first-order valence-electron chi connectivity index (χ1n) is 11.1. The summed E-state index contributed by atoms with van der Waals surface area (Å²) in [5, 5.41) is 25.2. The number of fused-ring (bicyclic) bond motifs is 2. The lowest BCUT2D eigenvalue weighted by molar-refractivity contribution is 0.399. The molecule has 0 bridgehead atoms. The minimum atomic E-state index is -0.0778. The summed E-state index contributed by atoms with van der Waals surface area (Å²) in [6.45, 7) is 0. The van der Waals surface area contributed by atoms with Crippen LogP contribution in [0.15, 0.2) is 97.2 Å². The zero-order valence-corrected chi connectivity index (χ0v) is 19.5. The Morgan fingerprint density at radius 1 is 0.778 bits per heavy atom. The van der Waals surface area contributed by atoms with Gasteiger partial charge in [-0.05, 0) is 48.5 Å². The summed E-state index contributed by atoms with van der Waals surface area (Å²) in [5.74, 6) is 1.20. The van der Waals surface area contributed by atoms with Crippen molar-refractivity contribution in [1.29, 1.82) is 0 Å². The third-order valence-corrected chi connectivity index (χ3v) is 5.92. The van der Waals surface area contributed by atoms with Crippen LogP contribution in [0.2, 0.25) is 5.02 Å². The molecule has 0 amide bonds. The van der Waals surface area contributed by atoms with Crippen LogP contribution >= 0.6 is 11.6 Å². The topological polar surface area (TPSA) is 93.1 Å². The number of hydrogen-bond donors (Lipinski definition) is 2. The van der Waals surface area contributed by atoms with Crippen molar-refractivity contribution in [3.05, 3.63) is 102 Å². The van der Waals surface area contributed by atoms with E-state index in [2.05, 4.69) is 25.5 Å². The molecule has 0 fully saturated rings. The van der Waals surface area contributed by atoms with Crippen LogP contribution in [0.25, 0.3) is 33.1 Å². The number of aromatic nitrogens is 4. The first-order valence-corrected chi connectivity index (χ1v) is 11.5. The molecule has 0 radical (unpaired) electrons. The highest BCUT2D eigenvalue weighted by molar-refractivity contribution is 6.30. The van der Waals surface area contributed by atoms with E-state index in [1.54, 1.807) is 24.4 Å². The Labute approximate surface area is 211 Å². The highest BCUT2D eigenvalue weighted by Crippen LogP contribution is 2.34. The standard InChI is InChI=1S/C28H18ClN5O2/c29-18-9-7-17(8-10-18)26-21-4-1-2-5-22(21)27(34-33-26)31-19-11-13-20(14-12-19)36-28-25(35)16-24-23(32-28)6-3-15-30-24/h1-16,35H,(H,31,34). The molecule has 0 aliphatic heterocycles. The molecule has 3 aromatic heterocycles. The molecule has 8 heteroatoms. The Hall–Kier alpha value is -4.75. The molecule has 0 saturated carbocycles. The third kappa shape index (κ3) is 4.23. The zero-order chi connectivity index (χ0) is 24.5. The van der Waals surface area contributed by atoms with Gasteiger partial charge in [0.25, 0.3) is 5.88 Å². The van der Waals surface area contributed by atoms with Gasteiger partial charge < -0.3 is 15.2 Å². The number of ether oxygens (including phenoxy) is 1. The van der Waals surface area contributed by atoms with Gasteiger partial charge in [0.05, 0.1) is 11.0 Å². The molecule has 0 saturated heterocycles. The molecule has 0 spiro atoms. The summed E-state index contributed by atoms with van der Waals surface area (Å²) in [5.41, 5.74) is 3.77. The molecule has 0 aliphatic carbocycles. The number of pyridine rings is 2. The van der Waals surface area contributed by atoms with Crippen molar-refractivity contribution in [2.24, 2.45) is 0 Å². The molecule has 6 rings (SSSR count). The minimum Gasteiger partial charge on any atom is -0.503 e. The molecular formula is C28H18ClN5O2. The highest BCUT2D eigenvalue weighted by Gasteiger charge is 2.12. The van der Waals surface area contributed by atoms with E-state index >= 15 is 0 Å². The normalized spacial score (nSPS) is 11.0. The molecule has 0 unspecified atom stereocenters. The zero-order valence-electron chi connectivity index (χ0n) is 18.8. The predicted molar refractivity (Wildman–Crippen MR) is 141 cm³/mol. The van der Waals surface area contributed by atoms with Gasteiger partial charge >= 0.3 is 0 Å². The molecular weight excluding hydrogens is 474 g/mol. The lowest BCUT2D eigenvalue weighted by atomic mass is 10.0. The number of rotatable bonds is 5. The van der Waals surface area contributed by atoms with Gasteiger partial charge in [0, 0.05) is 39.3 Å². The summed E-state index contributed by atoms with van der Waals surface area (Å²) in [4.78, 5) is 8.54. The van der Waals surface area contributed by atoms with Gasteiger partial charge in [-0.1, -0.05) is 48.0 Å². The Morgan fingerprint density at radius 2 is 1.56 bits per heavy atom. The van der Waals surface area contributed by atoms with Crippen molar-refractivity contribution in [2.45, 2.75) is 0 Å². The van der Waals surface area contributed by atoms with Gasteiger partial charge in [-0.3, -0.25) is 4.98 Å². The van der Waals surface area contributed by atoms with Crippen LogP contribution in [0.3, 0.4) is 0 Å². The largest absolute Gasteiger partial charge is 0.503 e. The van der Waals surface area contributed by atoms with Gasteiger partial charge in [0.1, 0.15) is 11.4 Å². The number of aromatic hydroxyl groups is 1. The smallest absolute Gasteiger partial charge is 0.263 e. The number of hydrogen-bond acceptors (Lipinski definition) is 7. The summed E-state index contributed by atoms with van der Waals surface area (Å²) in [7, 11) is 0. The summed E-state index contributed by atoms with van der Waals surface area (Å²) in [6.07, 6.45) is 1.65. The average Bonchev–Trinajstić information content (AvgIpc) is 2.91. The first kappa shape index (κ1) is 21.8. The first-order chi connectivity index (χ1) is 17.6.